The lowest BCUT2D eigenvalue weighted by Crippen LogP contribution is -2.46. The summed E-state index contributed by atoms with van der Waals surface area (Å²) in [7, 11) is 0. The van der Waals surface area contributed by atoms with Crippen LogP contribution in [0.25, 0.3) is 0 Å². The smallest absolute Gasteiger partial charge is 0.0702 e. The molecule has 2 fully saturated rings. The standard InChI is InChI=1S/C15H30N2O/c1-2-11-18-15-8-6-10-17(13-15)12-14-7-4-3-5-9-16-14/h14-16H,2-13H2,1H3. The van der Waals surface area contributed by atoms with E-state index in [9.17, 15) is 0 Å². The second kappa shape index (κ2) is 8.13. The van der Waals surface area contributed by atoms with E-state index in [0.717, 1.165) is 25.6 Å². The molecular weight excluding hydrogens is 224 g/mol. The number of hydrogen-bond acceptors (Lipinski definition) is 3. The lowest BCUT2D eigenvalue weighted by atomic mass is 10.1. The van der Waals surface area contributed by atoms with Crippen molar-refractivity contribution >= 4 is 0 Å². The molecule has 2 rings (SSSR count). The zero-order chi connectivity index (χ0) is 12.6. The van der Waals surface area contributed by atoms with Crippen molar-refractivity contribution in [2.45, 2.75) is 64.0 Å². The van der Waals surface area contributed by atoms with Gasteiger partial charge in [-0.1, -0.05) is 19.8 Å². The molecule has 0 amide bonds. The molecule has 2 saturated heterocycles. The molecule has 18 heavy (non-hydrogen) atoms. The highest BCUT2D eigenvalue weighted by molar-refractivity contribution is 4.79. The normalized spacial score (nSPS) is 31.2. The number of ether oxygens (including phenoxy) is 1. The maximum atomic E-state index is 5.91. The van der Waals surface area contributed by atoms with E-state index in [1.165, 1.54) is 58.2 Å². The zero-order valence-corrected chi connectivity index (χ0v) is 12.0. The summed E-state index contributed by atoms with van der Waals surface area (Å²) in [6.07, 6.45) is 9.73. The molecule has 2 atom stereocenters. The topological polar surface area (TPSA) is 24.5 Å². The molecule has 2 aliphatic rings. The Morgan fingerprint density at radius 3 is 3.00 bits per heavy atom. The third kappa shape index (κ3) is 4.87. The highest BCUT2D eigenvalue weighted by Gasteiger charge is 2.22. The number of piperidine rings is 1. The number of rotatable bonds is 5. The molecule has 0 aromatic heterocycles. The minimum absolute atomic E-state index is 0.490. The molecule has 0 aliphatic carbocycles. The average Bonchev–Trinajstić information content (AvgIpc) is 2.65. The molecule has 0 aromatic rings. The van der Waals surface area contributed by atoms with Crippen molar-refractivity contribution in [2.24, 2.45) is 0 Å². The van der Waals surface area contributed by atoms with Gasteiger partial charge in [-0.3, -0.25) is 4.90 Å². The van der Waals surface area contributed by atoms with Crippen molar-refractivity contribution in [3.8, 4) is 0 Å². The van der Waals surface area contributed by atoms with Gasteiger partial charge in [0.1, 0.15) is 0 Å². The third-order valence-electron chi connectivity index (χ3n) is 4.16. The first-order valence-corrected chi connectivity index (χ1v) is 7.96. The van der Waals surface area contributed by atoms with Crippen LogP contribution in [0, 0.1) is 0 Å². The van der Waals surface area contributed by atoms with E-state index in [1.807, 2.05) is 0 Å². The molecule has 0 aromatic carbocycles. The Morgan fingerprint density at radius 1 is 1.17 bits per heavy atom. The van der Waals surface area contributed by atoms with Gasteiger partial charge in [0.2, 0.25) is 0 Å². The van der Waals surface area contributed by atoms with Gasteiger partial charge < -0.3 is 10.1 Å². The van der Waals surface area contributed by atoms with E-state index in [2.05, 4.69) is 17.1 Å². The predicted octanol–water partition coefficient (Wildman–Crippen LogP) is 2.41. The van der Waals surface area contributed by atoms with Crippen LogP contribution in [-0.2, 0) is 4.74 Å². The largest absolute Gasteiger partial charge is 0.377 e. The zero-order valence-electron chi connectivity index (χ0n) is 12.0. The maximum Gasteiger partial charge on any atom is 0.0702 e. The summed E-state index contributed by atoms with van der Waals surface area (Å²) in [5, 5.41) is 3.70. The Bertz CT molecular complexity index is 215. The molecule has 2 heterocycles. The molecule has 0 spiro atoms. The molecule has 0 bridgehead atoms. The summed E-state index contributed by atoms with van der Waals surface area (Å²) in [6.45, 7) is 7.98. The number of nitrogens with zero attached hydrogens (tertiary/aromatic N) is 1. The maximum absolute atomic E-state index is 5.91. The Balaban J connectivity index is 1.70. The molecule has 2 unspecified atom stereocenters. The first-order chi connectivity index (χ1) is 8.88. The quantitative estimate of drug-likeness (QED) is 0.815. The van der Waals surface area contributed by atoms with Gasteiger partial charge in [-0.05, 0) is 45.2 Å². The van der Waals surface area contributed by atoms with Gasteiger partial charge in [0, 0.05) is 25.7 Å². The highest BCUT2D eigenvalue weighted by atomic mass is 16.5. The Morgan fingerprint density at radius 2 is 2.11 bits per heavy atom. The van der Waals surface area contributed by atoms with E-state index in [1.54, 1.807) is 0 Å². The summed E-state index contributed by atoms with van der Waals surface area (Å²) in [4.78, 5) is 2.62. The molecule has 2 aliphatic heterocycles. The molecule has 0 radical (unpaired) electrons. The molecule has 3 heteroatoms. The number of nitrogens with one attached hydrogen (secondary N) is 1. The van der Waals surface area contributed by atoms with Gasteiger partial charge in [-0.2, -0.15) is 0 Å². The number of hydrogen-bond donors (Lipinski definition) is 1. The summed E-state index contributed by atoms with van der Waals surface area (Å²) < 4.78 is 5.91. The van der Waals surface area contributed by atoms with Crippen LogP contribution < -0.4 is 5.32 Å². The van der Waals surface area contributed by atoms with Crippen molar-refractivity contribution in [2.75, 3.05) is 32.8 Å². The van der Waals surface area contributed by atoms with Crippen LogP contribution in [0.2, 0.25) is 0 Å². The van der Waals surface area contributed by atoms with Crippen molar-refractivity contribution in [1.82, 2.24) is 10.2 Å². The molecule has 1 N–H and O–H groups in total. The summed E-state index contributed by atoms with van der Waals surface area (Å²) >= 11 is 0. The van der Waals surface area contributed by atoms with Crippen molar-refractivity contribution in [3.63, 3.8) is 0 Å². The van der Waals surface area contributed by atoms with Gasteiger partial charge in [0.25, 0.3) is 0 Å². The van der Waals surface area contributed by atoms with Crippen LogP contribution in [0.3, 0.4) is 0 Å². The first kappa shape index (κ1) is 14.3. The molecule has 106 valence electrons. The Labute approximate surface area is 112 Å². The second-order valence-electron chi connectivity index (χ2n) is 5.89. The molecular formula is C15H30N2O. The van der Waals surface area contributed by atoms with Gasteiger partial charge in [-0.15, -0.1) is 0 Å². The summed E-state index contributed by atoms with van der Waals surface area (Å²) in [5.74, 6) is 0. The van der Waals surface area contributed by atoms with Gasteiger partial charge >= 0.3 is 0 Å². The first-order valence-electron chi connectivity index (χ1n) is 7.96. The van der Waals surface area contributed by atoms with E-state index in [0.29, 0.717) is 6.10 Å². The monoisotopic (exact) mass is 254 g/mol. The fourth-order valence-corrected chi connectivity index (χ4v) is 3.17. The lowest BCUT2D eigenvalue weighted by molar-refractivity contribution is -0.00232. The minimum atomic E-state index is 0.490. The van der Waals surface area contributed by atoms with Gasteiger partial charge in [0.05, 0.1) is 6.10 Å². The van der Waals surface area contributed by atoms with Crippen LogP contribution in [0.5, 0.6) is 0 Å². The van der Waals surface area contributed by atoms with Crippen molar-refractivity contribution in [1.29, 1.82) is 0 Å². The van der Waals surface area contributed by atoms with Crippen molar-refractivity contribution in [3.05, 3.63) is 0 Å². The van der Waals surface area contributed by atoms with Crippen LogP contribution in [0.15, 0.2) is 0 Å². The molecule has 3 nitrogen and oxygen atoms in total. The third-order valence-corrected chi connectivity index (χ3v) is 4.16. The van der Waals surface area contributed by atoms with Crippen LogP contribution in [-0.4, -0.2) is 49.8 Å². The van der Waals surface area contributed by atoms with Gasteiger partial charge in [0.15, 0.2) is 0 Å². The van der Waals surface area contributed by atoms with E-state index >= 15 is 0 Å². The minimum Gasteiger partial charge on any atom is -0.377 e. The summed E-state index contributed by atoms with van der Waals surface area (Å²) in [6, 6.07) is 0.720. The van der Waals surface area contributed by atoms with Crippen molar-refractivity contribution < 1.29 is 4.74 Å². The fraction of sp³-hybridized carbons (Fsp3) is 1.00. The second-order valence-corrected chi connectivity index (χ2v) is 5.89. The Kier molecular flexibility index (Phi) is 6.46. The predicted molar refractivity (Wildman–Crippen MR) is 76.0 cm³/mol. The van der Waals surface area contributed by atoms with Gasteiger partial charge in [-0.25, -0.2) is 0 Å². The summed E-state index contributed by atoms with van der Waals surface area (Å²) in [5.41, 5.74) is 0. The van der Waals surface area contributed by atoms with E-state index in [-0.39, 0.29) is 0 Å². The van der Waals surface area contributed by atoms with Crippen LogP contribution in [0.1, 0.15) is 51.9 Å². The fourth-order valence-electron chi connectivity index (χ4n) is 3.17. The van der Waals surface area contributed by atoms with E-state index in [4.69, 9.17) is 4.74 Å². The SMILES string of the molecule is CCCOC1CCCN(CC2CCCCCN2)C1. The molecule has 0 saturated carbocycles. The highest BCUT2D eigenvalue weighted by Crippen LogP contribution is 2.16. The van der Waals surface area contributed by atoms with Crippen LogP contribution in [0.4, 0.5) is 0 Å². The average molecular weight is 254 g/mol. The number of likely N-dealkylation sites (tertiary alicyclic amines) is 1. The van der Waals surface area contributed by atoms with E-state index < -0.39 is 0 Å². The lowest BCUT2D eigenvalue weighted by Gasteiger charge is -2.35. The Hall–Kier alpha value is -0.120. The van der Waals surface area contributed by atoms with Crippen LogP contribution >= 0.6 is 0 Å².